The van der Waals surface area contributed by atoms with Crippen LogP contribution in [0.5, 0.6) is 0 Å². The third kappa shape index (κ3) is 1.97. The van der Waals surface area contributed by atoms with Gasteiger partial charge in [0, 0.05) is 0 Å². The van der Waals surface area contributed by atoms with E-state index in [9.17, 15) is 22.3 Å². The van der Waals surface area contributed by atoms with Crippen molar-refractivity contribution >= 4 is 9.84 Å². The summed E-state index contributed by atoms with van der Waals surface area (Å²) in [4.78, 5) is 0. The first kappa shape index (κ1) is 13.9. The maximum atomic E-state index is 13.9. The van der Waals surface area contributed by atoms with Crippen molar-refractivity contribution in [3.8, 4) is 0 Å². The highest BCUT2D eigenvalue weighted by atomic mass is 32.2. The predicted octanol–water partition coefficient (Wildman–Crippen LogP) is 2.28. The molecule has 2 heterocycles. The highest BCUT2D eigenvalue weighted by Gasteiger charge is 2.52. The zero-order chi connectivity index (χ0) is 14.5. The average Bonchev–Trinajstić information content (AvgIpc) is 2.31. The van der Waals surface area contributed by atoms with E-state index in [4.69, 9.17) is 0 Å². The van der Waals surface area contributed by atoms with E-state index in [2.05, 4.69) is 0 Å². The summed E-state index contributed by atoms with van der Waals surface area (Å²) < 4.78 is 52.2. The van der Waals surface area contributed by atoms with Gasteiger partial charge < -0.3 is 5.11 Å². The number of rotatable bonds is 1. The molecule has 2 fully saturated rings. The maximum Gasteiger partial charge on any atom is 0.156 e. The number of hydrogen-bond donors (Lipinski definition) is 1. The van der Waals surface area contributed by atoms with Gasteiger partial charge in [0.25, 0.3) is 0 Å². The largest absolute Gasteiger partial charge is 0.385 e. The number of sulfone groups is 1. The van der Waals surface area contributed by atoms with Gasteiger partial charge in [0.15, 0.2) is 9.84 Å². The van der Waals surface area contributed by atoms with Gasteiger partial charge in [0.2, 0.25) is 0 Å². The summed E-state index contributed by atoms with van der Waals surface area (Å²) in [5.41, 5.74) is -2.11. The van der Waals surface area contributed by atoms with Crippen LogP contribution in [0.25, 0.3) is 0 Å². The lowest BCUT2D eigenvalue weighted by molar-refractivity contribution is -0.00146. The fourth-order valence-electron chi connectivity index (χ4n) is 3.59. The number of benzene rings is 1. The number of aliphatic hydroxyl groups is 1. The van der Waals surface area contributed by atoms with Gasteiger partial charge in [-0.1, -0.05) is 12.5 Å². The maximum absolute atomic E-state index is 13.9. The summed E-state index contributed by atoms with van der Waals surface area (Å²) in [6, 6.07) is 3.42. The smallest absolute Gasteiger partial charge is 0.156 e. The van der Waals surface area contributed by atoms with Crippen molar-refractivity contribution in [2.24, 2.45) is 0 Å². The van der Waals surface area contributed by atoms with Crippen molar-refractivity contribution in [3.63, 3.8) is 0 Å². The number of hydrogen-bond acceptors (Lipinski definition) is 3. The summed E-state index contributed by atoms with van der Waals surface area (Å²) in [5.74, 6) is -1.63. The molecule has 1 aromatic carbocycles. The molecule has 0 aliphatic carbocycles. The zero-order valence-corrected chi connectivity index (χ0v) is 11.7. The molecule has 3 nitrogen and oxygen atoms in total. The minimum absolute atomic E-state index is 0.121. The molecule has 1 N–H and O–H groups in total. The summed E-state index contributed by atoms with van der Waals surface area (Å²) in [7, 11) is -3.28. The van der Waals surface area contributed by atoms with Crippen molar-refractivity contribution in [3.05, 3.63) is 35.4 Å². The average molecular weight is 302 g/mol. The minimum Gasteiger partial charge on any atom is -0.385 e. The first-order valence-electron chi connectivity index (χ1n) is 6.74. The van der Waals surface area contributed by atoms with E-state index in [1.54, 1.807) is 0 Å². The van der Waals surface area contributed by atoms with Crippen molar-refractivity contribution in [1.29, 1.82) is 0 Å². The highest BCUT2D eigenvalue weighted by Crippen LogP contribution is 2.47. The molecular weight excluding hydrogens is 286 g/mol. The second-order valence-corrected chi connectivity index (χ2v) is 8.31. The van der Waals surface area contributed by atoms with Crippen LogP contribution in [0.2, 0.25) is 0 Å². The molecule has 0 aromatic heterocycles. The van der Waals surface area contributed by atoms with Gasteiger partial charge in [0.05, 0.1) is 21.7 Å². The molecule has 2 unspecified atom stereocenters. The standard InChI is InChI=1S/C14H16F2O3S/c15-11-5-2-6-12(16)13(11)14(17)7-9-3-1-4-10(8-14)20(9,18)19/h2,5-6,9-10,17H,1,3-4,7-8H2. The molecule has 0 radical (unpaired) electrons. The molecule has 2 bridgehead atoms. The molecule has 2 aliphatic rings. The van der Waals surface area contributed by atoms with Crippen LogP contribution in [0.4, 0.5) is 8.78 Å². The first-order valence-corrected chi connectivity index (χ1v) is 8.35. The van der Waals surface area contributed by atoms with E-state index in [0.29, 0.717) is 12.8 Å². The van der Waals surface area contributed by atoms with E-state index >= 15 is 0 Å². The Morgan fingerprint density at radius 2 is 1.60 bits per heavy atom. The van der Waals surface area contributed by atoms with Gasteiger partial charge >= 0.3 is 0 Å². The van der Waals surface area contributed by atoms with E-state index in [1.165, 1.54) is 6.07 Å². The molecule has 2 atom stereocenters. The monoisotopic (exact) mass is 302 g/mol. The molecule has 1 aromatic rings. The highest BCUT2D eigenvalue weighted by molar-refractivity contribution is 7.92. The Balaban J connectivity index is 2.07. The van der Waals surface area contributed by atoms with Crippen LogP contribution in [-0.4, -0.2) is 24.0 Å². The van der Waals surface area contributed by atoms with Gasteiger partial charge in [-0.15, -0.1) is 0 Å². The van der Waals surface area contributed by atoms with Gasteiger partial charge in [-0.05, 0) is 37.8 Å². The van der Waals surface area contributed by atoms with Crippen LogP contribution in [-0.2, 0) is 15.4 Å². The lowest BCUT2D eigenvalue weighted by atomic mass is 9.80. The third-order valence-electron chi connectivity index (χ3n) is 4.54. The Bertz CT molecular complexity index is 602. The Labute approximate surface area is 116 Å². The van der Waals surface area contributed by atoms with Crippen molar-refractivity contribution in [2.45, 2.75) is 48.2 Å². The SMILES string of the molecule is O=S1(=O)C2CCCC1CC(O)(c1c(F)cccc1F)C2. The normalized spacial score (nSPS) is 35.8. The molecule has 0 saturated carbocycles. The molecule has 0 spiro atoms. The lowest BCUT2D eigenvalue weighted by Gasteiger charge is -2.44. The molecule has 2 aliphatic heterocycles. The van der Waals surface area contributed by atoms with E-state index < -0.39 is 37.6 Å². The van der Waals surface area contributed by atoms with Crippen molar-refractivity contribution < 1.29 is 22.3 Å². The van der Waals surface area contributed by atoms with E-state index in [-0.39, 0.29) is 18.4 Å². The Morgan fingerprint density at radius 1 is 1.10 bits per heavy atom. The van der Waals surface area contributed by atoms with Gasteiger partial charge in [0.1, 0.15) is 11.6 Å². The van der Waals surface area contributed by atoms with Crippen LogP contribution in [0.1, 0.15) is 37.7 Å². The second kappa shape index (κ2) is 4.49. The second-order valence-electron chi connectivity index (χ2n) is 5.80. The summed E-state index contributed by atoms with van der Waals surface area (Å²) in [5, 5.41) is 9.31. The van der Waals surface area contributed by atoms with E-state index in [0.717, 1.165) is 18.6 Å². The minimum atomic E-state index is -3.28. The van der Waals surface area contributed by atoms with Gasteiger partial charge in [-0.2, -0.15) is 0 Å². The van der Waals surface area contributed by atoms with Crippen LogP contribution in [0, 0.1) is 11.6 Å². The quantitative estimate of drug-likeness (QED) is 0.866. The van der Waals surface area contributed by atoms with Crippen molar-refractivity contribution in [2.75, 3.05) is 0 Å². The van der Waals surface area contributed by atoms with Crippen LogP contribution in [0.15, 0.2) is 18.2 Å². The Morgan fingerprint density at radius 3 is 2.10 bits per heavy atom. The lowest BCUT2D eigenvalue weighted by Crippen LogP contribution is -2.50. The molecule has 6 heteroatoms. The van der Waals surface area contributed by atoms with Crippen molar-refractivity contribution in [1.82, 2.24) is 0 Å². The summed E-state index contributed by atoms with van der Waals surface area (Å²) >= 11 is 0. The Kier molecular flexibility index (Phi) is 3.14. The van der Waals surface area contributed by atoms with Crippen LogP contribution >= 0.6 is 0 Å². The molecule has 0 amide bonds. The molecule has 20 heavy (non-hydrogen) atoms. The summed E-state index contributed by atoms with van der Waals surface area (Å²) in [6.07, 6.45) is 1.45. The van der Waals surface area contributed by atoms with Gasteiger partial charge in [-0.3, -0.25) is 0 Å². The predicted molar refractivity (Wildman–Crippen MR) is 69.8 cm³/mol. The van der Waals surface area contributed by atoms with E-state index in [1.807, 2.05) is 0 Å². The fourth-order valence-corrected chi connectivity index (χ4v) is 6.14. The molecular formula is C14H16F2O3S. The summed E-state index contributed by atoms with van der Waals surface area (Å²) in [6.45, 7) is 0. The zero-order valence-electron chi connectivity index (χ0n) is 10.9. The number of fused-ring (bicyclic) bond motifs is 2. The molecule has 110 valence electrons. The van der Waals surface area contributed by atoms with Crippen LogP contribution < -0.4 is 0 Å². The fraction of sp³-hybridized carbons (Fsp3) is 0.571. The molecule has 2 saturated heterocycles. The number of halogens is 2. The van der Waals surface area contributed by atoms with Gasteiger partial charge in [-0.25, -0.2) is 17.2 Å². The Hall–Kier alpha value is -1.01. The topological polar surface area (TPSA) is 54.4 Å². The first-order chi connectivity index (χ1) is 9.34. The third-order valence-corrected chi connectivity index (χ3v) is 7.20. The van der Waals surface area contributed by atoms with Crippen LogP contribution in [0.3, 0.4) is 0 Å². The molecule has 3 rings (SSSR count).